The first kappa shape index (κ1) is 17.7. The maximum Gasteiger partial charge on any atom is 0.232 e. The Bertz CT molecular complexity index is 726. The van der Waals surface area contributed by atoms with Gasteiger partial charge in [0.1, 0.15) is 0 Å². The van der Waals surface area contributed by atoms with Crippen LogP contribution in [0.25, 0.3) is 0 Å². The van der Waals surface area contributed by atoms with Crippen LogP contribution in [0.5, 0.6) is 0 Å². The summed E-state index contributed by atoms with van der Waals surface area (Å²) >= 11 is 0. The van der Waals surface area contributed by atoms with Gasteiger partial charge in [0, 0.05) is 13.1 Å². The Morgan fingerprint density at radius 1 is 1.04 bits per heavy atom. The van der Waals surface area contributed by atoms with E-state index in [4.69, 9.17) is 0 Å². The topological polar surface area (TPSA) is 40.5 Å². The highest BCUT2D eigenvalue weighted by atomic mass is 16.3. The zero-order chi connectivity index (χ0) is 18.1. The number of carbonyl (C=O) groups is 1. The van der Waals surface area contributed by atoms with E-state index in [1.807, 2.05) is 86.3 Å². The standard InChI is InChI=1S/C22H27NO2/c1-17(19-12-8-5-9-13-19)22(3)20(24)23(15-14-21(22,2)25)16-18-10-6-4-7-11-18/h4-13,17,25H,14-16H2,1-3H3/t17-,21+,22-/m0/s1. The number of carbonyl (C=O) groups excluding carboxylic acids is 1. The maximum atomic E-state index is 13.4. The highest BCUT2D eigenvalue weighted by Crippen LogP contribution is 2.49. The average molecular weight is 337 g/mol. The van der Waals surface area contributed by atoms with E-state index in [0.717, 1.165) is 11.1 Å². The summed E-state index contributed by atoms with van der Waals surface area (Å²) in [5.41, 5.74) is 0.306. The summed E-state index contributed by atoms with van der Waals surface area (Å²) < 4.78 is 0. The zero-order valence-electron chi connectivity index (χ0n) is 15.3. The predicted octanol–water partition coefficient (Wildman–Crippen LogP) is 3.98. The first-order chi connectivity index (χ1) is 11.9. The second-order valence-corrected chi connectivity index (χ2v) is 7.57. The summed E-state index contributed by atoms with van der Waals surface area (Å²) in [6.07, 6.45) is 0.583. The van der Waals surface area contributed by atoms with Crippen LogP contribution in [0, 0.1) is 5.41 Å². The van der Waals surface area contributed by atoms with Crippen molar-refractivity contribution in [2.45, 2.75) is 45.3 Å². The van der Waals surface area contributed by atoms with Gasteiger partial charge in [0.25, 0.3) is 0 Å². The fraction of sp³-hybridized carbons (Fsp3) is 0.409. The Hall–Kier alpha value is -2.13. The lowest BCUT2D eigenvalue weighted by Gasteiger charge is -2.52. The lowest BCUT2D eigenvalue weighted by molar-refractivity contribution is -0.174. The third-order valence-electron chi connectivity index (χ3n) is 6.10. The summed E-state index contributed by atoms with van der Waals surface area (Å²) in [5.74, 6) is -0.0428. The van der Waals surface area contributed by atoms with Gasteiger partial charge in [0.2, 0.25) is 5.91 Å². The lowest BCUT2D eigenvalue weighted by atomic mass is 9.60. The molecule has 1 aliphatic rings. The number of benzene rings is 2. The Labute approximate surface area is 150 Å². The molecule has 3 heteroatoms. The number of aliphatic hydroxyl groups is 1. The van der Waals surface area contributed by atoms with Crippen molar-refractivity contribution in [3.8, 4) is 0 Å². The van der Waals surface area contributed by atoms with Crippen LogP contribution in [0.4, 0.5) is 0 Å². The van der Waals surface area contributed by atoms with Crippen molar-refractivity contribution in [2.24, 2.45) is 5.41 Å². The van der Waals surface area contributed by atoms with Crippen LogP contribution in [-0.2, 0) is 11.3 Å². The summed E-state index contributed by atoms with van der Waals surface area (Å²) in [6, 6.07) is 20.1. The average Bonchev–Trinajstić information content (AvgIpc) is 2.63. The first-order valence-corrected chi connectivity index (χ1v) is 8.97. The highest BCUT2D eigenvalue weighted by molar-refractivity contribution is 5.86. The number of hydrogen-bond acceptors (Lipinski definition) is 2. The van der Waals surface area contributed by atoms with Crippen LogP contribution in [0.2, 0.25) is 0 Å². The molecule has 25 heavy (non-hydrogen) atoms. The molecule has 1 fully saturated rings. The number of amides is 1. The maximum absolute atomic E-state index is 13.4. The van der Waals surface area contributed by atoms with E-state index in [9.17, 15) is 9.90 Å². The van der Waals surface area contributed by atoms with Crippen LogP contribution in [0.15, 0.2) is 60.7 Å². The smallest absolute Gasteiger partial charge is 0.232 e. The molecule has 0 bridgehead atoms. The second-order valence-electron chi connectivity index (χ2n) is 7.57. The molecule has 3 nitrogen and oxygen atoms in total. The molecule has 0 spiro atoms. The van der Waals surface area contributed by atoms with Gasteiger partial charge in [-0.3, -0.25) is 4.79 Å². The van der Waals surface area contributed by atoms with Crippen molar-refractivity contribution in [3.05, 3.63) is 71.8 Å². The van der Waals surface area contributed by atoms with Gasteiger partial charge in [-0.05, 0) is 37.3 Å². The summed E-state index contributed by atoms with van der Waals surface area (Å²) in [6.45, 7) is 6.95. The molecule has 1 saturated heterocycles. The predicted molar refractivity (Wildman–Crippen MR) is 100 cm³/mol. The van der Waals surface area contributed by atoms with Gasteiger partial charge in [0.05, 0.1) is 11.0 Å². The monoisotopic (exact) mass is 337 g/mol. The first-order valence-electron chi connectivity index (χ1n) is 8.97. The van der Waals surface area contributed by atoms with E-state index in [0.29, 0.717) is 19.5 Å². The van der Waals surface area contributed by atoms with Gasteiger partial charge in [-0.25, -0.2) is 0 Å². The molecule has 1 N–H and O–H groups in total. The number of hydrogen-bond donors (Lipinski definition) is 1. The molecule has 0 aliphatic carbocycles. The normalized spacial score (nSPS) is 28.0. The summed E-state index contributed by atoms with van der Waals surface area (Å²) in [4.78, 5) is 15.3. The van der Waals surface area contributed by atoms with Crippen LogP contribution in [0.1, 0.15) is 44.2 Å². The molecule has 3 rings (SSSR count). The quantitative estimate of drug-likeness (QED) is 0.917. The van der Waals surface area contributed by atoms with Crippen molar-refractivity contribution in [1.29, 1.82) is 0 Å². The van der Waals surface area contributed by atoms with E-state index >= 15 is 0 Å². The number of likely N-dealkylation sites (tertiary alicyclic amines) is 1. The lowest BCUT2D eigenvalue weighted by Crippen LogP contribution is -2.62. The van der Waals surface area contributed by atoms with Crippen LogP contribution in [-0.4, -0.2) is 28.1 Å². The second kappa shape index (κ2) is 6.64. The highest BCUT2D eigenvalue weighted by Gasteiger charge is 2.57. The molecule has 0 saturated carbocycles. The molecule has 3 atom stereocenters. The van der Waals surface area contributed by atoms with Crippen LogP contribution >= 0.6 is 0 Å². The molecular weight excluding hydrogens is 310 g/mol. The largest absolute Gasteiger partial charge is 0.389 e. The SMILES string of the molecule is C[C@@H](c1ccccc1)[C@@]1(C)C(=O)N(Cc2ccccc2)CC[C@@]1(C)O. The molecule has 1 aliphatic heterocycles. The van der Waals surface area contributed by atoms with Gasteiger partial charge in [-0.15, -0.1) is 0 Å². The molecular formula is C22H27NO2. The van der Waals surface area contributed by atoms with Crippen molar-refractivity contribution in [1.82, 2.24) is 4.90 Å². The molecule has 1 amide bonds. The third kappa shape index (κ3) is 3.09. The molecule has 0 unspecified atom stereocenters. The Morgan fingerprint density at radius 2 is 1.60 bits per heavy atom. The molecule has 0 aromatic heterocycles. The van der Waals surface area contributed by atoms with E-state index in [1.165, 1.54) is 0 Å². The minimum absolute atomic E-state index is 0.0314. The van der Waals surface area contributed by atoms with Gasteiger partial charge < -0.3 is 10.0 Å². The van der Waals surface area contributed by atoms with E-state index in [1.54, 1.807) is 0 Å². The fourth-order valence-corrected chi connectivity index (χ4v) is 3.95. The van der Waals surface area contributed by atoms with Crippen LogP contribution in [0.3, 0.4) is 0 Å². The van der Waals surface area contributed by atoms with Crippen molar-refractivity contribution >= 4 is 5.91 Å². The van der Waals surface area contributed by atoms with Gasteiger partial charge in [-0.2, -0.15) is 0 Å². The van der Waals surface area contributed by atoms with Gasteiger partial charge in [-0.1, -0.05) is 67.6 Å². The number of piperidine rings is 1. The van der Waals surface area contributed by atoms with E-state index < -0.39 is 11.0 Å². The Kier molecular flexibility index (Phi) is 4.70. The summed E-state index contributed by atoms with van der Waals surface area (Å²) in [5, 5.41) is 11.1. The minimum atomic E-state index is -1.04. The Morgan fingerprint density at radius 3 is 2.20 bits per heavy atom. The summed E-state index contributed by atoms with van der Waals surface area (Å²) in [7, 11) is 0. The zero-order valence-corrected chi connectivity index (χ0v) is 15.3. The van der Waals surface area contributed by atoms with E-state index in [2.05, 4.69) is 0 Å². The van der Waals surface area contributed by atoms with Crippen molar-refractivity contribution in [3.63, 3.8) is 0 Å². The fourth-order valence-electron chi connectivity index (χ4n) is 3.95. The molecule has 1 heterocycles. The van der Waals surface area contributed by atoms with Gasteiger partial charge in [0.15, 0.2) is 0 Å². The molecule has 132 valence electrons. The third-order valence-corrected chi connectivity index (χ3v) is 6.10. The molecule has 2 aromatic rings. The van der Waals surface area contributed by atoms with Crippen LogP contribution < -0.4 is 0 Å². The Balaban J connectivity index is 1.93. The molecule has 0 radical (unpaired) electrons. The minimum Gasteiger partial charge on any atom is -0.389 e. The molecule has 2 aromatic carbocycles. The van der Waals surface area contributed by atoms with Crippen molar-refractivity contribution < 1.29 is 9.90 Å². The van der Waals surface area contributed by atoms with Gasteiger partial charge >= 0.3 is 0 Å². The van der Waals surface area contributed by atoms with E-state index in [-0.39, 0.29) is 11.8 Å². The number of rotatable bonds is 4. The number of nitrogens with zero attached hydrogens (tertiary/aromatic N) is 1. The van der Waals surface area contributed by atoms with Crippen molar-refractivity contribution in [2.75, 3.05) is 6.54 Å².